The van der Waals surface area contributed by atoms with Crippen LogP contribution in [0.5, 0.6) is 0 Å². The fraction of sp³-hybridized carbons (Fsp3) is 0.417. The fourth-order valence-electron chi connectivity index (χ4n) is 1.61. The van der Waals surface area contributed by atoms with Gasteiger partial charge in [-0.25, -0.2) is 18.1 Å². The minimum atomic E-state index is -3.55. The summed E-state index contributed by atoms with van der Waals surface area (Å²) < 4.78 is 37.4. The molecule has 0 saturated carbocycles. The van der Waals surface area contributed by atoms with E-state index in [9.17, 15) is 8.42 Å². The van der Waals surface area contributed by atoms with E-state index in [1.165, 1.54) is 0 Å². The third-order valence-electron chi connectivity index (χ3n) is 2.55. The molecule has 0 aromatic carbocycles. The smallest absolute Gasteiger partial charge is 0.251 e. The number of furan rings is 1. The minimum Gasteiger partial charge on any atom is -0.467 e. The molecule has 0 aliphatic heterocycles. The van der Waals surface area contributed by atoms with Gasteiger partial charge in [-0.3, -0.25) is 0 Å². The molecule has 0 fully saturated rings. The predicted molar refractivity (Wildman–Crippen MR) is 80.0 cm³/mol. The summed E-state index contributed by atoms with van der Waals surface area (Å²) in [5, 5.41) is 0. The molecule has 0 bridgehead atoms. The summed E-state index contributed by atoms with van der Waals surface area (Å²) in [6.45, 7) is 2.72. The quantitative estimate of drug-likeness (QED) is 0.740. The van der Waals surface area contributed by atoms with Crippen LogP contribution in [0.15, 0.2) is 27.0 Å². The van der Waals surface area contributed by atoms with Crippen LogP contribution in [0.1, 0.15) is 17.9 Å². The summed E-state index contributed by atoms with van der Waals surface area (Å²) in [4.78, 5) is 3.89. The monoisotopic (exact) mass is 350 g/mol. The number of thiazole rings is 1. The Morgan fingerprint density at radius 3 is 2.95 bits per heavy atom. The van der Waals surface area contributed by atoms with Crippen molar-refractivity contribution < 1.29 is 17.6 Å². The number of hydrogen-bond acceptors (Lipinski definition) is 6. The maximum atomic E-state index is 12.0. The zero-order valence-electron chi connectivity index (χ0n) is 11.3. The molecule has 0 amide bonds. The highest BCUT2D eigenvalue weighted by Gasteiger charge is 2.20. The number of aromatic nitrogens is 1. The van der Waals surface area contributed by atoms with Crippen LogP contribution in [0.25, 0.3) is 0 Å². The Kier molecular flexibility index (Phi) is 5.77. The maximum absolute atomic E-state index is 12.0. The van der Waals surface area contributed by atoms with E-state index >= 15 is 0 Å². The van der Waals surface area contributed by atoms with E-state index in [1.54, 1.807) is 19.3 Å². The molecular weight excluding hydrogens is 336 g/mol. The number of hydrogen-bond donors (Lipinski definition) is 1. The van der Waals surface area contributed by atoms with E-state index in [1.807, 2.05) is 6.07 Å². The van der Waals surface area contributed by atoms with Gasteiger partial charge in [0.2, 0.25) is 0 Å². The van der Waals surface area contributed by atoms with Gasteiger partial charge in [0.1, 0.15) is 12.4 Å². The SMILES string of the molecule is Cc1nc(Cl)sc1S(=O)(=O)NCCCOCc1ccco1. The van der Waals surface area contributed by atoms with Crippen molar-refractivity contribution in [2.45, 2.75) is 24.2 Å². The van der Waals surface area contributed by atoms with Crippen LogP contribution in [0.3, 0.4) is 0 Å². The maximum Gasteiger partial charge on any atom is 0.251 e. The Hall–Kier alpha value is -0.930. The lowest BCUT2D eigenvalue weighted by atomic mass is 10.4. The topological polar surface area (TPSA) is 81.4 Å². The van der Waals surface area contributed by atoms with Gasteiger partial charge in [-0.05, 0) is 25.5 Å². The second kappa shape index (κ2) is 7.37. The summed E-state index contributed by atoms with van der Waals surface area (Å²) in [5.74, 6) is 0.741. The van der Waals surface area contributed by atoms with Gasteiger partial charge in [0.05, 0.1) is 12.0 Å². The summed E-state index contributed by atoms with van der Waals surface area (Å²) in [5.41, 5.74) is 0.409. The third kappa shape index (κ3) is 4.79. The van der Waals surface area contributed by atoms with Crippen LogP contribution in [0.2, 0.25) is 4.47 Å². The first-order chi connectivity index (χ1) is 9.99. The average Bonchev–Trinajstić information content (AvgIpc) is 3.03. The van der Waals surface area contributed by atoms with Crippen LogP contribution >= 0.6 is 22.9 Å². The Morgan fingerprint density at radius 2 is 2.33 bits per heavy atom. The third-order valence-corrected chi connectivity index (χ3v) is 5.89. The predicted octanol–water partition coefficient (Wildman–Crippen LogP) is 2.58. The Morgan fingerprint density at radius 1 is 1.52 bits per heavy atom. The van der Waals surface area contributed by atoms with Gasteiger partial charge in [0, 0.05) is 13.2 Å². The number of sulfonamides is 1. The molecule has 2 aromatic rings. The number of nitrogens with zero attached hydrogens (tertiary/aromatic N) is 1. The fourth-order valence-corrected chi connectivity index (χ4v) is 4.47. The normalized spacial score (nSPS) is 11.9. The molecular formula is C12H15ClN2O4S2. The van der Waals surface area contributed by atoms with Crippen molar-refractivity contribution in [3.05, 3.63) is 34.3 Å². The zero-order valence-corrected chi connectivity index (χ0v) is 13.7. The van der Waals surface area contributed by atoms with Gasteiger partial charge in [0.25, 0.3) is 10.0 Å². The van der Waals surface area contributed by atoms with Crippen LogP contribution in [0, 0.1) is 6.92 Å². The molecule has 0 atom stereocenters. The van der Waals surface area contributed by atoms with Gasteiger partial charge in [-0.1, -0.05) is 22.9 Å². The molecule has 9 heteroatoms. The molecule has 0 aliphatic carbocycles. The van der Waals surface area contributed by atoms with Crippen molar-refractivity contribution in [3.63, 3.8) is 0 Å². The lowest BCUT2D eigenvalue weighted by Gasteiger charge is -2.05. The molecule has 21 heavy (non-hydrogen) atoms. The highest BCUT2D eigenvalue weighted by atomic mass is 35.5. The number of nitrogens with one attached hydrogen (secondary N) is 1. The first-order valence-electron chi connectivity index (χ1n) is 6.22. The second-order valence-electron chi connectivity index (χ2n) is 4.22. The van der Waals surface area contributed by atoms with E-state index < -0.39 is 10.0 Å². The highest BCUT2D eigenvalue weighted by molar-refractivity contribution is 7.91. The second-order valence-corrected chi connectivity index (χ2v) is 7.77. The largest absolute Gasteiger partial charge is 0.467 e. The number of rotatable bonds is 8. The Labute approximate surface area is 132 Å². The average molecular weight is 351 g/mol. The molecule has 2 aromatic heterocycles. The van der Waals surface area contributed by atoms with Crippen molar-refractivity contribution in [2.75, 3.05) is 13.2 Å². The van der Waals surface area contributed by atoms with Gasteiger partial charge < -0.3 is 9.15 Å². The molecule has 0 aliphatic rings. The van der Waals surface area contributed by atoms with Crippen LogP contribution in [-0.4, -0.2) is 26.6 Å². The van der Waals surface area contributed by atoms with Gasteiger partial charge in [0.15, 0.2) is 8.68 Å². The van der Waals surface area contributed by atoms with E-state index in [2.05, 4.69) is 9.71 Å². The van der Waals surface area contributed by atoms with Crippen LogP contribution in [0.4, 0.5) is 0 Å². The van der Waals surface area contributed by atoms with Crippen molar-refractivity contribution in [2.24, 2.45) is 0 Å². The van der Waals surface area contributed by atoms with Crippen molar-refractivity contribution in [3.8, 4) is 0 Å². The van der Waals surface area contributed by atoms with E-state index in [0.717, 1.165) is 17.1 Å². The standard InChI is InChI=1S/C12H15ClN2O4S2/c1-9-11(20-12(13)15-9)21(16,17)14-5-3-6-18-8-10-4-2-7-19-10/h2,4,7,14H,3,5-6,8H2,1H3. The van der Waals surface area contributed by atoms with Crippen LogP contribution in [-0.2, 0) is 21.4 Å². The van der Waals surface area contributed by atoms with E-state index in [4.69, 9.17) is 20.8 Å². The van der Waals surface area contributed by atoms with E-state index in [0.29, 0.717) is 25.3 Å². The van der Waals surface area contributed by atoms with Gasteiger partial charge in [-0.15, -0.1) is 0 Å². The summed E-state index contributed by atoms with van der Waals surface area (Å²) >= 11 is 6.66. The van der Waals surface area contributed by atoms with E-state index in [-0.39, 0.29) is 15.2 Å². The van der Waals surface area contributed by atoms with Gasteiger partial charge >= 0.3 is 0 Å². The lowest BCUT2D eigenvalue weighted by Crippen LogP contribution is -2.25. The molecule has 2 heterocycles. The number of aryl methyl sites for hydroxylation is 1. The van der Waals surface area contributed by atoms with Crippen LogP contribution < -0.4 is 4.72 Å². The van der Waals surface area contributed by atoms with Crippen molar-refractivity contribution in [1.29, 1.82) is 0 Å². The molecule has 0 spiro atoms. The van der Waals surface area contributed by atoms with Crippen molar-refractivity contribution in [1.82, 2.24) is 9.71 Å². The first-order valence-corrected chi connectivity index (χ1v) is 8.89. The zero-order chi connectivity index (χ0) is 15.3. The molecule has 116 valence electrons. The molecule has 0 saturated heterocycles. The molecule has 0 unspecified atom stereocenters. The van der Waals surface area contributed by atoms with Gasteiger partial charge in [-0.2, -0.15) is 0 Å². The number of ether oxygens (including phenoxy) is 1. The molecule has 6 nitrogen and oxygen atoms in total. The summed E-state index contributed by atoms with van der Waals surface area (Å²) in [6.07, 6.45) is 2.14. The Balaban J connectivity index is 1.71. The first kappa shape index (κ1) is 16.4. The lowest BCUT2D eigenvalue weighted by molar-refractivity contribution is 0.105. The summed E-state index contributed by atoms with van der Waals surface area (Å²) in [7, 11) is -3.55. The summed E-state index contributed by atoms with van der Waals surface area (Å²) in [6, 6.07) is 3.61. The molecule has 0 radical (unpaired) electrons. The number of halogens is 1. The highest BCUT2D eigenvalue weighted by Crippen LogP contribution is 2.26. The molecule has 2 rings (SSSR count). The minimum absolute atomic E-state index is 0.156. The molecule has 1 N–H and O–H groups in total. The van der Waals surface area contributed by atoms with Crippen molar-refractivity contribution >= 4 is 33.0 Å². The Bertz CT molecular complexity index is 667.